The van der Waals surface area contributed by atoms with Gasteiger partial charge in [0.15, 0.2) is 0 Å². The Balaban J connectivity index is 2.52. The van der Waals surface area contributed by atoms with Crippen molar-refractivity contribution in [2.75, 3.05) is 13.2 Å². The first kappa shape index (κ1) is 11.7. The lowest BCUT2D eigenvalue weighted by molar-refractivity contribution is 0.197. The van der Waals surface area contributed by atoms with Crippen LogP contribution in [0.5, 0.6) is 0 Å². The fourth-order valence-corrected chi connectivity index (χ4v) is 7.13. The molecule has 0 radical (unpaired) electrons. The van der Waals surface area contributed by atoms with E-state index >= 15 is 0 Å². The zero-order valence-corrected chi connectivity index (χ0v) is 11.1. The highest BCUT2D eigenvalue weighted by molar-refractivity contribution is 9.25. The fraction of sp³-hybridized carbons (Fsp3) is 1.00. The van der Waals surface area contributed by atoms with Gasteiger partial charge in [0, 0.05) is 18.8 Å². The van der Waals surface area contributed by atoms with Crippen LogP contribution in [0.2, 0.25) is 5.54 Å². The summed E-state index contributed by atoms with van der Waals surface area (Å²) in [4.78, 5) is 0. The Morgan fingerprint density at radius 3 is 2.00 bits per heavy atom. The van der Waals surface area contributed by atoms with E-state index in [1.54, 1.807) is 0 Å². The van der Waals surface area contributed by atoms with Gasteiger partial charge in [-0.15, -0.1) is 0 Å². The van der Waals surface area contributed by atoms with E-state index in [4.69, 9.17) is 8.85 Å². The molecule has 13 heavy (non-hydrogen) atoms. The van der Waals surface area contributed by atoms with Crippen LogP contribution in [-0.4, -0.2) is 20.4 Å². The second-order valence-electron chi connectivity index (χ2n) is 3.43. The maximum Gasteiger partial charge on any atom is 0.417 e. The minimum absolute atomic E-state index is 0.660. The highest BCUT2D eigenvalue weighted by atomic mass is 79.9. The van der Waals surface area contributed by atoms with Crippen molar-refractivity contribution < 1.29 is 8.85 Å². The van der Waals surface area contributed by atoms with Gasteiger partial charge in [-0.3, -0.25) is 0 Å². The maximum atomic E-state index is 5.79. The highest BCUT2D eigenvalue weighted by Gasteiger charge is 2.44. The molecule has 1 aliphatic rings. The van der Waals surface area contributed by atoms with Crippen LogP contribution in [0.4, 0.5) is 0 Å². The molecule has 1 fully saturated rings. The summed E-state index contributed by atoms with van der Waals surface area (Å²) in [6.07, 6.45) is 5.23. The Hall–Kier alpha value is 0.617. The van der Waals surface area contributed by atoms with Gasteiger partial charge in [-0.1, -0.05) is 28.1 Å². The summed E-state index contributed by atoms with van der Waals surface area (Å²) < 4.78 is 11.6. The van der Waals surface area contributed by atoms with Crippen LogP contribution < -0.4 is 0 Å². The predicted octanol–water partition coefficient (Wildman–Crippen LogP) is 3.34. The summed E-state index contributed by atoms with van der Waals surface area (Å²) in [7, 11) is -2.00. The van der Waals surface area contributed by atoms with Gasteiger partial charge in [-0.2, -0.15) is 0 Å². The third-order valence-corrected chi connectivity index (χ3v) is 8.76. The lowest BCUT2D eigenvalue weighted by Crippen LogP contribution is -2.40. The second-order valence-corrected chi connectivity index (χ2v) is 9.30. The normalized spacial score (nSPS) is 19.6. The van der Waals surface area contributed by atoms with E-state index in [9.17, 15) is 0 Å². The van der Waals surface area contributed by atoms with Gasteiger partial charge in [0.25, 0.3) is 0 Å². The number of rotatable bonds is 5. The number of halogens is 1. The van der Waals surface area contributed by atoms with Gasteiger partial charge in [-0.05, 0) is 26.7 Å². The monoisotopic (exact) mass is 266 g/mol. The summed E-state index contributed by atoms with van der Waals surface area (Å²) in [5.74, 6) is 0. The Kier molecular flexibility index (Phi) is 4.93. The summed E-state index contributed by atoms with van der Waals surface area (Å²) in [6, 6.07) is 0. The van der Waals surface area contributed by atoms with Crippen molar-refractivity contribution in [3.8, 4) is 0 Å². The molecule has 0 N–H and O–H groups in total. The van der Waals surface area contributed by atoms with Crippen LogP contribution in [0, 0.1) is 0 Å². The molecule has 0 atom stereocenters. The van der Waals surface area contributed by atoms with Crippen molar-refractivity contribution in [3.05, 3.63) is 0 Å². The van der Waals surface area contributed by atoms with Crippen LogP contribution in [0.3, 0.4) is 0 Å². The first-order chi connectivity index (χ1) is 6.23. The molecule has 0 aliphatic heterocycles. The Bertz CT molecular complexity index is 143. The quantitative estimate of drug-likeness (QED) is 0.562. The third kappa shape index (κ3) is 3.04. The lowest BCUT2D eigenvalue weighted by Gasteiger charge is -2.29. The van der Waals surface area contributed by atoms with Crippen LogP contribution in [0.15, 0.2) is 0 Å². The van der Waals surface area contributed by atoms with E-state index in [1.165, 1.54) is 25.7 Å². The van der Waals surface area contributed by atoms with E-state index in [-0.39, 0.29) is 0 Å². The number of hydrogen-bond donors (Lipinski definition) is 0. The summed E-state index contributed by atoms with van der Waals surface area (Å²) in [6.45, 7) is 5.59. The minimum Gasteiger partial charge on any atom is -0.386 e. The molecular formula is C9H19BrO2Si. The minimum atomic E-state index is -2.00. The molecule has 4 heteroatoms. The van der Waals surface area contributed by atoms with Crippen molar-refractivity contribution >= 4 is 22.5 Å². The molecule has 1 aliphatic carbocycles. The Morgan fingerprint density at radius 1 is 1.15 bits per heavy atom. The van der Waals surface area contributed by atoms with Crippen LogP contribution >= 0.6 is 15.3 Å². The highest BCUT2D eigenvalue weighted by Crippen LogP contribution is 2.42. The molecule has 0 heterocycles. The standard InChI is InChI=1S/C9H19BrO2Si/c1-3-11-13(10,12-4-2)9-7-5-6-8-9/h9H,3-8H2,1-2H3. The molecule has 1 rings (SSSR count). The van der Waals surface area contributed by atoms with Crippen molar-refractivity contribution in [3.63, 3.8) is 0 Å². The largest absolute Gasteiger partial charge is 0.417 e. The van der Waals surface area contributed by atoms with E-state index < -0.39 is 7.18 Å². The molecule has 0 unspecified atom stereocenters. The molecular weight excluding hydrogens is 248 g/mol. The van der Waals surface area contributed by atoms with Crippen LogP contribution in [0.1, 0.15) is 39.5 Å². The van der Waals surface area contributed by atoms with Gasteiger partial charge < -0.3 is 8.85 Å². The zero-order valence-electron chi connectivity index (χ0n) is 8.51. The topological polar surface area (TPSA) is 18.5 Å². The maximum absolute atomic E-state index is 5.79. The average molecular weight is 267 g/mol. The molecule has 2 nitrogen and oxygen atoms in total. The lowest BCUT2D eigenvalue weighted by atomic mass is 10.4. The van der Waals surface area contributed by atoms with Crippen molar-refractivity contribution in [1.82, 2.24) is 0 Å². The van der Waals surface area contributed by atoms with Gasteiger partial charge in [0.1, 0.15) is 0 Å². The molecule has 1 saturated carbocycles. The molecule has 0 bridgehead atoms. The second kappa shape index (κ2) is 5.49. The van der Waals surface area contributed by atoms with E-state index in [2.05, 4.69) is 15.3 Å². The van der Waals surface area contributed by atoms with E-state index in [0.29, 0.717) is 5.54 Å². The van der Waals surface area contributed by atoms with Gasteiger partial charge >= 0.3 is 7.18 Å². The molecule has 78 valence electrons. The molecule has 0 spiro atoms. The molecule has 0 aromatic heterocycles. The van der Waals surface area contributed by atoms with Gasteiger partial charge in [-0.25, -0.2) is 0 Å². The SMILES string of the molecule is CCO[Si](Br)(OCC)C1CCCC1. The van der Waals surface area contributed by atoms with E-state index in [1.807, 2.05) is 13.8 Å². The molecule has 0 aromatic carbocycles. The predicted molar refractivity (Wildman–Crippen MR) is 60.2 cm³/mol. The fourth-order valence-electron chi connectivity index (χ4n) is 1.94. The van der Waals surface area contributed by atoms with Crippen molar-refractivity contribution in [2.24, 2.45) is 0 Å². The van der Waals surface area contributed by atoms with Gasteiger partial charge in [0.2, 0.25) is 0 Å². The summed E-state index contributed by atoms with van der Waals surface area (Å²) >= 11 is 3.73. The van der Waals surface area contributed by atoms with Crippen LogP contribution in [0.25, 0.3) is 0 Å². The van der Waals surface area contributed by atoms with Crippen molar-refractivity contribution in [2.45, 2.75) is 45.1 Å². The third-order valence-electron chi connectivity index (χ3n) is 2.53. The average Bonchev–Trinajstić information content (AvgIpc) is 2.57. The van der Waals surface area contributed by atoms with Gasteiger partial charge in [0.05, 0.1) is 0 Å². The first-order valence-electron chi connectivity index (χ1n) is 5.19. The summed E-state index contributed by atoms with van der Waals surface area (Å²) in [5.41, 5.74) is 0.660. The molecule has 0 saturated heterocycles. The number of hydrogen-bond acceptors (Lipinski definition) is 2. The Morgan fingerprint density at radius 2 is 1.62 bits per heavy atom. The Labute approximate surface area is 89.8 Å². The zero-order chi connectivity index (χ0) is 9.73. The molecule has 0 amide bonds. The van der Waals surface area contributed by atoms with E-state index in [0.717, 1.165) is 13.2 Å². The smallest absolute Gasteiger partial charge is 0.386 e. The molecule has 0 aromatic rings. The van der Waals surface area contributed by atoms with Crippen molar-refractivity contribution in [1.29, 1.82) is 0 Å². The first-order valence-corrected chi connectivity index (χ1v) is 9.34. The van der Waals surface area contributed by atoms with Crippen LogP contribution in [-0.2, 0) is 8.85 Å². The summed E-state index contributed by atoms with van der Waals surface area (Å²) in [5, 5.41) is 0.